The van der Waals surface area contributed by atoms with Gasteiger partial charge in [-0.1, -0.05) is 55.3 Å². The second-order valence-corrected chi connectivity index (χ2v) is 11.8. The van der Waals surface area contributed by atoms with E-state index >= 15 is 0 Å². The van der Waals surface area contributed by atoms with Crippen molar-refractivity contribution in [3.63, 3.8) is 0 Å². The van der Waals surface area contributed by atoms with Gasteiger partial charge in [0.1, 0.15) is 5.83 Å². The Labute approximate surface area is 206 Å². The molecule has 0 bridgehead atoms. The topological polar surface area (TPSA) is 15.3 Å². The summed E-state index contributed by atoms with van der Waals surface area (Å²) in [7, 11) is 0. The average molecular weight is 475 g/mol. The van der Waals surface area contributed by atoms with Crippen LogP contribution in [-0.4, -0.2) is 37.1 Å². The Morgan fingerprint density at radius 2 is 1.94 bits per heavy atom. The van der Waals surface area contributed by atoms with Crippen LogP contribution in [0.5, 0.6) is 0 Å². The molecule has 4 heteroatoms. The van der Waals surface area contributed by atoms with E-state index in [1.54, 1.807) is 6.08 Å². The molecule has 0 aromatic rings. The molecule has 1 fully saturated rings. The van der Waals surface area contributed by atoms with Crippen molar-refractivity contribution in [1.29, 1.82) is 0 Å². The number of nitrogens with one attached hydrogen (secondary N) is 1. The minimum absolute atomic E-state index is 0.0457. The summed E-state index contributed by atoms with van der Waals surface area (Å²) in [5.41, 5.74) is 1.36. The Morgan fingerprint density at radius 3 is 2.61 bits per heavy atom. The van der Waals surface area contributed by atoms with Crippen LogP contribution in [0.15, 0.2) is 46.8 Å². The molecule has 0 aromatic heterocycles. The zero-order valence-corrected chi connectivity index (χ0v) is 21.5. The van der Waals surface area contributed by atoms with Crippen LogP contribution in [-0.2, 0) is 0 Å². The standard InChI is InChI=1S/C29H44ClFN2/c1-21(2)29(20-33-16-14-24(15-17-33)23-9-11-26(30)12-10-23)32-19-22-8-13-28(31)27(18-22)25-6-4-3-5-7-25/h4,6,8,11,13,21,23-25,27,29,32H,3,5,7,9-10,12,14-20H2,1-2H3/t23?,25?,27?,29-/m0/s1. The molecule has 4 rings (SSSR count). The van der Waals surface area contributed by atoms with E-state index in [0.29, 0.717) is 17.9 Å². The molecule has 3 unspecified atom stereocenters. The molecule has 0 radical (unpaired) electrons. The van der Waals surface area contributed by atoms with Gasteiger partial charge >= 0.3 is 0 Å². The van der Waals surface area contributed by atoms with E-state index in [2.05, 4.69) is 42.3 Å². The minimum Gasteiger partial charge on any atom is -0.309 e. The zero-order valence-electron chi connectivity index (χ0n) is 20.7. The van der Waals surface area contributed by atoms with Crippen LogP contribution in [0.1, 0.15) is 71.6 Å². The van der Waals surface area contributed by atoms with Gasteiger partial charge in [-0.3, -0.25) is 0 Å². The Kier molecular flexibility index (Phi) is 9.30. The van der Waals surface area contributed by atoms with E-state index in [9.17, 15) is 4.39 Å². The third-order valence-corrected chi connectivity index (χ3v) is 9.01. The molecule has 0 aromatic carbocycles. The molecular weight excluding hydrogens is 431 g/mol. The molecule has 4 atom stereocenters. The summed E-state index contributed by atoms with van der Waals surface area (Å²) in [4.78, 5) is 2.67. The number of halogens is 2. The first-order chi connectivity index (χ1) is 16.0. The first-order valence-corrected chi connectivity index (χ1v) is 13.9. The predicted molar refractivity (Wildman–Crippen MR) is 139 cm³/mol. The van der Waals surface area contributed by atoms with E-state index in [4.69, 9.17) is 11.6 Å². The molecule has 4 aliphatic rings. The Balaban J connectivity index is 1.24. The lowest BCUT2D eigenvalue weighted by Gasteiger charge is -2.39. The number of allylic oxidation sites excluding steroid dienone is 7. The van der Waals surface area contributed by atoms with Crippen LogP contribution in [0, 0.1) is 29.6 Å². The number of hydrogen-bond acceptors (Lipinski definition) is 2. The van der Waals surface area contributed by atoms with E-state index in [1.807, 2.05) is 6.08 Å². The van der Waals surface area contributed by atoms with Crippen molar-refractivity contribution in [2.45, 2.75) is 77.7 Å². The molecule has 184 valence electrons. The van der Waals surface area contributed by atoms with E-state index in [1.165, 1.54) is 50.8 Å². The Morgan fingerprint density at radius 1 is 1.12 bits per heavy atom. The van der Waals surface area contributed by atoms with Gasteiger partial charge in [0.2, 0.25) is 0 Å². The SMILES string of the molecule is CC(C)[C@H](CN1CCC(C2CC=C(Cl)CC2)CC1)NCC1=CC=C(F)C(C2C=CCCC2)C1. The van der Waals surface area contributed by atoms with Crippen LogP contribution in [0.2, 0.25) is 0 Å². The second kappa shape index (κ2) is 12.2. The average Bonchev–Trinajstić information content (AvgIpc) is 2.84. The Hall–Kier alpha value is -0.900. The summed E-state index contributed by atoms with van der Waals surface area (Å²) >= 11 is 6.19. The molecular formula is C29H44ClFN2. The van der Waals surface area contributed by atoms with Crippen molar-refractivity contribution >= 4 is 11.6 Å². The molecule has 1 N–H and O–H groups in total. The lowest BCUT2D eigenvalue weighted by atomic mass is 9.78. The number of piperidine rings is 1. The maximum atomic E-state index is 14.6. The quantitative estimate of drug-likeness (QED) is 0.369. The number of nitrogens with zero attached hydrogens (tertiary/aromatic N) is 1. The van der Waals surface area contributed by atoms with Gasteiger partial charge in [-0.15, -0.1) is 0 Å². The minimum atomic E-state index is 0.0457. The second-order valence-electron chi connectivity index (χ2n) is 11.3. The normalized spacial score (nSPS) is 30.7. The third-order valence-electron chi connectivity index (χ3n) is 8.67. The molecule has 33 heavy (non-hydrogen) atoms. The molecule has 0 amide bonds. The lowest BCUT2D eigenvalue weighted by molar-refractivity contribution is 0.125. The van der Waals surface area contributed by atoms with E-state index in [-0.39, 0.29) is 11.7 Å². The molecule has 0 spiro atoms. The van der Waals surface area contributed by atoms with Crippen molar-refractivity contribution < 1.29 is 4.39 Å². The summed E-state index contributed by atoms with van der Waals surface area (Å²) in [6, 6.07) is 0.475. The fraction of sp³-hybridized carbons (Fsp3) is 0.724. The largest absolute Gasteiger partial charge is 0.309 e. The van der Waals surface area contributed by atoms with E-state index in [0.717, 1.165) is 55.6 Å². The summed E-state index contributed by atoms with van der Waals surface area (Å²) in [5, 5.41) is 4.92. The highest BCUT2D eigenvalue weighted by atomic mass is 35.5. The monoisotopic (exact) mass is 474 g/mol. The fourth-order valence-electron chi connectivity index (χ4n) is 6.34. The highest BCUT2D eigenvalue weighted by Crippen LogP contribution is 2.38. The van der Waals surface area contributed by atoms with Crippen molar-refractivity contribution in [2.24, 2.45) is 29.6 Å². The highest BCUT2D eigenvalue weighted by molar-refractivity contribution is 6.29. The van der Waals surface area contributed by atoms with Crippen LogP contribution in [0.25, 0.3) is 0 Å². The number of hydrogen-bond donors (Lipinski definition) is 1. The molecule has 1 aliphatic heterocycles. The van der Waals surface area contributed by atoms with Crippen LogP contribution >= 0.6 is 11.6 Å². The van der Waals surface area contributed by atoms with Gasteiger partial charge in [-0.05, 0) is 101 Å². The van der Waals surface area contributed by atoms with E-state index < -0.39 is 0 Å². The van der Waals surface area contributed by atoms with Gasteiger partial charge in [-0.2, -0.15) is 0 Å². The number of likely N-dealkylation sites (tertiary alicyclic amines) is 1. The molecule has 1 heterocycles. The van der Waals surface area contributed by atoms with Gasteiger partial charge in [0.15, 0.2) is 0 Å². The predicted octanol–water partition coefficient (Wildman–Crippen LogP) is 7.39. The highest BCUT2D eigenvalue weighted by Gasteiger charge is 2.30. The smallest absolute Gasteiger partial charge is 0.104 e. The zero-order chi connectivity index (χ0) is 23.2. The first kappa shape index (κ1) is 25.2. The number of rotatable bonds is 8. The maximum absolute atomic E-state index is 14.6. The molecule has 1 saturated heterocycles. The molecule has 0 saturated carbocycles. The van der Waals surface area contributed by atoms with Gasteiger partial charge in [-0.25, -0.2) is 4.39 Å². The van der Waals surface area contributed by atoms with Gasteiger partial charge in [0.05, 0.1) is 0 Å². The summed E-state index contributed by atoms with van der Waals surface area (Å²) in [5.74, 6) is 2.79. The summed E-state index contributed by atoms with van der Waals surface area (Å²) in [6.45, 7) is 9.09. The lowest BCUT2D eigenvalue weighted by Crippen LogP contribution is -2.47. The van der Waals surface area contributed by atoms with Gasteiger partial charge in [0, 0.05) is 30.1 Å². The third kappa shape index (κ3) is 7.05. The first-order valence-electron chi connectivity index (χ1n) is 13.5. The van der Waals surface area contributed by atoms with Crippen LogP contribution in [0.4, 0.5) is 4.39 Å². The van der Waals surface area contributed by atoms with Crippen molar-refractivity contribution in [3.05, 3.63) is 46.8 Å². The van der Waals surface area contributed by atoms with Crippen molar-refractivity contribution in [1.82, 2.24) is 10.2 Å². The van der Waals surface area contributed by atoms with Crippen LogP contribution < -0.4 is 5.32 Å². The van der Waals surface area contributed by atoms with Crippen molar-refractivity contribution in [2.75, 3.05) is 26.2 Å². The van der Waals surface area contributed by atoms with Crippen LogP contribution in [0.3, 0.4) is 0 Å². The van der Waals surface area contributed by atoms with Gasteiger partial charge in [0.25, 0.3) is 0 Å². The maximum Gasteiger partial charge on any atom is 0.104 e. The van der Waals surface area contributed by atoms with Gasteiger partial charge < -0.3 is 10.2 Å². The summed E-state index contributed by atoms with van der Waals surface area (Å²) in [6.07, 6.45) is 21.0. The molecule has 3 aliphatic carbocycles. The Bertz CT molecular complexity index is 760. The molecule has 2 nitrogen and oxygen atoms in total. The fourth-order valence-corrected chi connectivity index (χ4v) is 6.54. The van der Waals surface area contributed by atoms with Crippen molar-refractivity contribution in [3.8, 4) is 0 Å². The summed E-state index contributed by atoms with van der Waals surface area (Å²) < 4.78 is 14.6.